The Morgan fingerprint density at radius 3 is 2.70 bits per heavy atom. The Morgan fingerprint density at radius 2 is 1.93 bits per heavy atom. The number of hydrazone groups is 1. The average Bonchev–Trinajstić information content (AvgIpc) is 3.24. The molecular formula is C21H19N3O3. The summed E-state index contributed by atoms with van der Waals surface area (Å²) >= 11 is 0. The second-order valence-electron chi connectivity index (χ2n) is 6.40. The molecule has 0 fully saturated rings. The molecule has 1 aromatic heterocycles. The lowest BCUT2D eigenvalue weighted by Crippen LogP contribution is -2.13. The molecule has 2 heterocycles. The Morgan fingerprint density at radius 1 is 1.11 bits per heavy atom. The summed E-state index contributed by atoms with van der Waals surface area (Å²) in [6.07, 6.45) is 3.18. The van der Waals surface area contributed by atoms with Gasteiger partial charge in [0.05, 0.1) is 18.4 Å². The van der Waals surface area contributed by atoms with E-state index < -0.39 is 0 Å². The zero-order valence-electron chi connectivity index (χ0n) is 14.8. The molecule has 3 N–H and O–H groups in total. The van der Waals surface area contributed by atoms with Crippen LogP contribution in [0.15, 0.2) is 59.2 Å². The third-order valence-electron chi connectivity index (χ3n) is 4.58. The van der Waals surface area contributed by atoms with E-state index in [0.29, 0.717) is 12.0 Å². The van der Waals surface area contributed by atoms with Gasteiger partial charge in [0.25, 0.3) is 5.91 Å². The first-order chi connectivity index (χ1) is 13.1. The number of aromatic amines is 1. The highest BCUT2D eigenvalue weighted by Crippen LogP contribution is 2.24. The SMILES string of the molecule is COc1ccc2[nH]c(C=C3C(=O)NN=C3CCc3ccc(O)cc3)cc2c1. The van der Waals surface area contributed by atoms with Crippen molar-refractivity contribution in [1.29, 1.82) is 0 Å². The van der Waals surface area contributed by atoms with Crippen molar-refractivity contribution in [2.75, 3.05) is 7.11 Å². The molecule has 4 rings (SSSR count). The van der Waals surface area contributed by atoms with Crippen LogP contribution in [0.25, 0.3) is 17.0 Å². The molecule has 1 aliphatic rings. The highest BCUT2D eigenvalue weighted by atomic mass is 16.5. The lowest BCUT2D eigenvalue weighted by atomic mass is 10.0. The monoisotopic (exact) mass is 361 g/mol. The van der Waals surface area contributed by atoms with Gasteiger partial charge in [-0.15, -0.1) is 0 Å². The Balaban J connectivity index is 1.56. The predicted octanol–water partition coefficient (Wildman–Crippen LogP) is 3.38. The Bertz CT molecular complexity index is 1060. The molecule has 2 aromatic carbocycles. The third-order valence-corrected chi connectivity index (χ3v) is 4.58. The first-order valence-corrected chi connectivity index (χ1v) is 8.66. The van der Waals surface area contributed by atoms with Gasteiger partial charge in [0.2, 0.25) is 0 Å². The summed E-state index contributed by atoms with van der Waals surface area (Å²) in [7, 11) is 1.64. The number of benzene rings is 2. The minimum Gasteiger partial charge on any atom is -0.508 e. The van der Waals surface area contributed by atoms with E-state index >= 15 is 0 Å². The number of carbonyl (C=O) groups excluding carboxylic acids is 1. The molecule has 3 aromatic rings. The smallest absolute Gasteiger partial charge is 0.273 e. The Labute approximate surface area is 156 Å². The van der Waals surface area contributed by atoms with E-state index in [9.17, 15) is 9.90 Å². The third kappa shape index (κ3) is 3.55. The van der Waals surface area contributed by atoms with Crippen LogP contribution < -0.4 is 10.2 Å². The second kappa shape index (κ2) is 6.99. The van der Waals surface area contributed by atoms with E-state index in [1.807, 2.05) is 42.5 Å². The molecule has 0 saturated carbocycles. The molecule has 27 heavy (non-hydrogen) atoms. The van der Waals surface area contributed by atoms with Crippen LogP contribution in [0.5, 0.6) is 11.5 Å². The summed E-state index contributed by atoms with van der Waals surface area (Å²) < 4.78 is 5.25. The number of ether oxygens (including phenoxy) is 1. The van der Waals surface area contributed by atoms with Crippen molar-refractivity contribution in [3.8, 4) is 11.5 Å². The molecule has 6 heteroatoms. The maximum atomic E-state index is 12.2. The first-order valence-electron chi connectivity index (χ1n) is 8.66. The number of H-pyrrole nitrogens is 1. The van der Waals surface area contributed by atoms with E-state index in [2.05, 4.69) is 15.5 Å². The van der Waals surface area contributed by atoms with Gasteiger partial charge in [-0.2, -0.15) is 5.10 Å². The Hall–Kier alpha value is -3.54. The van der Waals surface area contributed by atoms with Crippen molar-refractivity contribution in [2.45, 2.75) is 12.8 Å². The maximum absolute atomic E-state index is 12.2. The fraction of sp³-hybridized carbons (Fsp3) is 0.143. The van der Waals surface area contributed by atoms with Gasteiger partial charge < -0.3 is 14.8 Å². The normalized spacial score (nSPS) is 15.2. The maximum Gasteiger partial charge on any atom is 0.273 e. The highest BCUT2D eigenvalue weighted by molar-refractivity contribution is 6.27. The van der Waals surface area contributed by atoms with E-state index in [1.165, 1.54) is 0 Å². The Kier molecular flexibility index (Phi) is 4.38. The number of phenolic OH excluding ortho intramolecular Hbond substituents is 1. The van der Waals surface area contributed by atoms with Crippen LogP contribution in [-0.4, -0.2) is 28.8 Å². The van der Waals surface area contributed by atoms with Crippen LogP contribution in [0.3, 0.4) is 0 Å². The molecule has 0 unspecified atom stereocenters. The lowest BCUT2D eigenvalue weighted by molar-refractivity contribution is -0.116. The molecule has 0 saturated heterocycles. The fourth-order valence-electron chi connectivity index (χ4n) is 3.13. The quantitative estimate of drug-likeness (QED) is 0.609. The van der Waals surface area contributed by atoms with E-state index in [1.54, 1.807) is 19.2 Å². The van der Waals surface area contributed by atoms with Crippen molar-refractivity contribution >= 4 is 28.6 Å². The fourth-order valence-corrected chi connectivity index (χ4v) is 3.13. The van der Waals surface area contributed by atoms with Crippen LogP contribution in [0.2, 0.25) is 0 Å². The van der Waals surface area contributed by atoms with Crippen molar-refractivity contribution < 1.29 is 14.6 Å². The molecule has 0 atom stereocenters. The summed E-state index contributed by atoms with van der Waals surface area (Å²) in [4.78, 5) is 15.5. The van der Waals surface area contributed by atoms with Crippen LogP contribution in [0.1, 0.15) is 17.7 Å². The number of hydrogen-bond donors (Lipinski definition) is 3. The number of amides is 1. The van der Waals surface area contributed by atoms with Gasteiger partial charge in [0, 0.05) is 16.6 Å². The molecule has 6 nitrogen and oxygen atoms in total. The number of hydrogen-bond acceptors (Lipinski definition) is 4. The molecule has 0 bridgehead atoms. The van der Waals surface area contributed by atoms with E-state index in [4.69, 9.17) is 4.74 Å². The standard InChI is InChI=1S/C21H19N3O3/c1-27-17-7-9-19-14(11-17)10-15(22-19)12-18-20(23-24-21(18)26)8-4-13-2-5-16(25)6-3-13/h2-3,5-7,9-12,22,25H,4,8H2,1H3,(H,24,26). The zero-order valence-corrected chi connectivity index (χ0v) is 14.8. The van der Waals surface area contributed by atoms with Gasteiger partial charge >= 0.3 is 0 Å². The highest BCUT2D eigenvalue weighted by Gasteiger charge is 2.22. The topological polar surface area (TPSA) is 86.7 Å². The average molecular weight is 361 g/mol. The molecule has 1 aliphatic heterocycles. The second-order valence-corrected chi connectivity index (χ2v) is 6.40. The zero-order chi connectivity index (χ0) is 18.8. The number of aromatic nitrogens is 1. The number of rotatable bonds is 5. The number of nitrogens with one attached hydrogen (secondary N) is 2. The molecule has 0 aliphatic carbocycles. The van der Waals surface area contributed by atoms with Crippen LogP contribution in [-0.2, 0) is 11.2 Å². The van der Waals surface area contributed by atoms with Crippen molar-refractivity contribution in [3.05, 3.63) is 65.4 Å². The summed E-state index contributed by atoms with van der Waals surface area (Å²) in [6.45, 7) is 0. The number of fused-ring (bicyclic) bond motifs is 1. The molecular weight excluding hydrogens is 342 g/mol. The summed E-state index contributed by atoms with van der Waals surface area (Å²) in [5.41, 5.74) is 6.72. The van der Waals surface area contributed by atoms with Crippen molar-refractivity contribution in [3.63, 3.8) is 0 Å². The van der Waals surface area contributed by atoms with Gasteiger partial charge in [-0.1, -0.05) is 12.1 Å². The van der Waals surface area contributed by atoms with Crippen LogP contribution in [0, 0.1) is 0 Å². The van der Waals surface area contributed by atoms with Gasteiger partial charge in [-0.25, -0.2) is 5.43 Å². The largest absolute Gasteiger partial charge is 0.508 e. The number of methoxy groups -OCH3 is 1. The number of phenols is 1. The van der Waals surface area contributed by atoms with Gasteiger partial charge in [-0.05, 0) is 60.9 Å². The molecule has 136 valence electrons. The summed E-state index contributed by atoms with van der Waals surface area (Å²) in [5.74, 6) is 0.826. The lowest BCUT2D eigenvalue weighted by Gasteiger charge is -2.02. The van der Waals surface area contributed by atoms with Gasteiger partial charge in [0.1, 0.15) is 11.5 Å². The van der Waals surface area contributed by atoms with Gasteiger partial charge in [0.15, 0.2) is 0 Å². The molecule has 0 radical (unpaired) electrons. The summed E-state index contributed by atoms with van der Waals surface area (Å²) in [6, 6.07) is 14.8. The number of nitrogens with zero attached hydrogens (tertiary/aromatic N) is 1. The van der Waals surface area contributed by atoms with E-state index in [0.717, 1.165) is 40.0 Å². The number of aromatic hydroxyl groups is 1. The van der Waals surface area contributed by atoms with E-state index in [-0.39, 0.29) is 11.7 Å². The van der Waals surface area contributed by atoms with Crippen molar-refractivity contribution in [2.24, 2.45) is 5.10 Å². The number of aryl methyl sites for hydroxylation is 1. The molecule has 0 spiro atoms. The first kappa shape index (κ1) is 16.9. The summed E-state index contributed by atoms with van der Waals surface area (Å²) in [5, 5.41) is 14.6. The van der Waals surface area contributed by atoms with Crippen LogP contribution >= 0.6 is 0 Å². The number of carbonyl (C=O) groups is 1. The van der Waals surface area contributed by atoms with Crippen LogP contribution in [0.4, 0.5) is 0 Å². The molecule has 1 amide bonds. The van der Waals surface area contributed by atoms with Gasteiger partial charge in [-0.3, -0.25) is 4.79 Å². The van der Waals surface area contributed by atoms with Crippen molar-refractivity contribution in [1.82, 2.24) is 10.4 Å². The minimum absolute atomic E-state index is 0.202. The predicted molar refractivity (Wildman–Crippen MR) is 105 cm³/mol. The minimum atomic E-state index is -0.202.